The number of thiophene rings is 1. The first-order chi connectivity index (χ1) is 17.1. The number of carbonyl (C=O) groups is 4. The van der Waals surface area contributed by atoms with Crippen LogP contribution in [0, 0.1) is 5.92 Å². The lowest BCUT2D eigenvalue weighted by Crippen LogP contribution is -2.61. The van der Waals surface area contributed by atoms with E-state index in [4.69, 9.17) is 5.73 Å². The number of benzene rings is 1. The first-order valence-electron chi connectivity index (χ1n) is 11.7. The molecule has 3 amide bonds. The zero-order valence-corrected chi connectivity index (χ0v) is 21.9. The minimum absolute atomic E-state index is 0.119. The van der Waals surface area contributed by atoms with Crippen molar-refractivity contribution in [3.8, 4) is 0 Å². The molecule has 0 aliphatic carbocycles. The number of thiol groups is 1. The summed E-state index contributed by atoms with van der Waals surface area (Å²) in [5.41, 5.74) is 7.59. The number of nitrogens with one attached hydrogen (secondary N) is 2. The number of carbonyl (C=O) groups excluding carboxylic acids is 3. The highest BCUT2D eigenvalue weighted by Crippen LogP contribution is 2.25. The summed E-state index contributed by atoms with van der Waals surface area (Å²) in [7, 11) is 0. The van der Waals surface area contributed by atoms with E-state index in [0.717, 1.165) is 16.0 Å². The lowest BCUT2D eigenvalue weighted by Gasteiger charge is -2.39. The lowest BCUT2D eigenvalue weighted by molar-refractivity contribution is -0.147. The van der Waals surface area contributed by atoms with E-state index in [2.05, 4.69) is 23.3 Å². The van der Waals surface area contributed by atoms with Crippen LogP contribution >= 0.6 is 24.0 Å². The van der Waals surface area contributed by atoms with Gasteiger partial charge >= 0.3 is 5.97 Å². The Morgan fingerprint density at radius 3 is 2.42 bits per heavy atom. The van der Waals surface area contributed by atoms with Gasteiger partial charge in [-0.1, -0.05) is 44.2 Å². The van der Waals surface area contributed by atoms with Gasteiger partial charge in [0.1, 0.15) is 18.1 Å². The highest BCUT2D eigenvalue weighted by atomic mass is 32.1. The van der Waals surface area contributed by atoms with E-state index < -0.39 is 47.9 Å². The highest BCUT2D eigenvalue weighted by Gasteiger charge is 2.40. The maximum Gasteiger partial charge on any atom is 0.326 e. The molecule has 9 nitrogen and oxygen atoms in total. The van der Waals surface area contributed by atoms with Crippen LogP contribution in [0.4, 0.5) is 0 Å². The van der Waals surface area contributed by atoms with Crippen LogP contribution in [0.3, 0.4) is 0 Å². The molecule has 1 unspecified atom stereocenters. The predicted octanol–water partition coefficient (Wildman–Crippen LogP) is 1.21. The molecule has 36 heavy (non-hydrogen) atoms. The van der Waals surface area contributed by atoms with E-state index in [-0.39, 0.29) is 31.1 Å². The number of carboxylic acids is 1. The number of carboxylic acid groups (broad SMARTS) is 1. The van der Waals surface area contributed by atoms with E-state index >= 15 is 0 Å². The van der Waals surface area contributed by atoms with E-state index in [1.54, 1.807) is 13.8 Å². The van der Waals surface area contributed by atoms with Crippen molar-refractivity contribution in [1.29, 1.82) is 0 Å². The second-order valence-electron chi connectivity index (χ2n) is 9.16. The Balaban J connectivity index is 1.88. The Kier molecular flexibility index (Phi) is 9.52. The molecule has 4 atom stereocenters. The van der Waals surface area contributed by atoms with Crippen LogP contribution in [0.5, 0.6) is 0 Å². The van der Waals surface area contributed by atoms with Crippen molar-refractivity contribution in [3.63, 3.8) is 0 Å². The van der Waals surface area contributed by atoms with Crippen LogP contribution in [0.25, 0.3) is 0 Å². The van der Waals surface area contributed by atoms with E-state index in [1.165, 1.54) is 16.2 Å². The predicted molar refractivity (Wildman–Crippen MR) is 141 cm³/mol. The number of rotatable bonds is 10. The van der Waals surface area contributed by atoms with Gasteiger partial charge < -0.3 is 26.4 Å². The molecular weight excluding hydrogens is 500 g/mol. The third-order valence-corrected chi connectivity index (χ3v) is 7.49. The van der Waals surface area contributed by atoms with Gasteiger partial charge in [0.15, 0.2) is 0 Å². The minimum atomic E-state index is -1.15. The van der Waals surface area contributed by atoms with Crippen molar-refractivity contribution in [1.82, 2.24) is 15.5 Å². The fourth-order valence-electron chi connectivity index (χ4n) is 4.12. The van der Waals surface area contributed by atoms with E-state index in [1.807, 2.05) is 41.8 Å². The van der Waals surface area contributed by atoms with Crippen LogP contribution in [0.2, 0.25) is 0 Å². The second kappa shape index (κ2) is 12.4. The fourth-order valence-corrected chi connectivity index (χ4v) is 5.04. The third-order valence-electron chi connectivity index (χ3n) is 6.20. The zero-order valence-electron chi connectivity index (χ0n) is 20.2. The third kappa shape index (κ3) is 6.65. The van der Waals surface area contributed by atoms with Gasteiger partial charge in [-0.2, -0.15) is 12.6 Å². The summed E-state index contributed by atoms with van der Waals surface area (Å²) < 4.78 is 0. The van der Waals surface area contributed by atoms with Gasteiger partial charge in [0.05, 0.1) is 6.04 Å². The first kappa shape index (κ1) is 27.7. The molecule has 1 aromatic carbocycles. The van der Waals surface area contributed by atoms with Gasteiger partial charge in [0.25, 0.3) is 0 Å². The van der Waals surface area contributed by atoms with Crippen molar-refractivity contribution in [2.75, 3.05) is 5.75 Å². The van der Waals surface area contributed by atoms with Crippen LogP contribution < -0.4 is 16.4 Å². The summed E-state index contributed by atoms with van der Waals surface area (Å²) in [5, 5.41) is 16.9. The Hall–Kier alpha value is -2.89. The Morgan fingerprint density at radius 2 is 1.83 bits per heavy atom. The molecule has 0 saturated carbocycles. The Bertz CT molecular complexity index is 1090. The topological polar surface area (TPSA) is 142 Å². The molecule has 1 aliphatic rings. The summed E-state index contributed by atoms with van der Waals surface area (Å²) in [4.78, 5) is 53.8. The van der Waals surface area contributed by atoms with Crippen molar-refractivity contribution >= 4 is 47.7 Å². The van der Waals surface area contributed by atoms with Gasteiger partial charge in [-0.05, 0) is 28.5 Å². The average Bonchev–Trinajstić information content (AvgIpc) is 3.37. The number of nitrogens with zero attached hydrogens (tertiary/aromatic N) is 1. The van der Waals surface area contributed by atoms with Gasteiger partial charge in [-0.25, -0.2) is 4.79 Å². The van der Waals surface area contributed by atoms with Gasteiger partial charge in [0, 0.05) is 30.0 Å². The van der Waals surface area contributed by atoms with E-state index in [0.29, 0.717) is 0 Å². The molecule has 3 rings (SSSR count). The first-order valence-corrected chi connectivity index (χ1v) is 13.2. The van der Waals surface area contributed by atoms with Crippen LogP contribution in [0.15, 0.2) is 41.8 Å². The smallest absolute Gasteiger partial charge is 0.326 e. The number of hydrogen-bond acceptors (Lipinski definition) is 7. The summed E-state index contributed by atoms with van der Waals surface area (Å²) in [6.45, 7) is 3.75. The monoisotopic (exact) mass is 532 g/mol. The van der Waals surface area contributed by atoms with Crippen LogP contribution in [0.1, 0.15) is 29.9 Å². The molecule has 2 heterocycles. The van der Waals surface area contributed by atoms with Crippen LogP contribution in [-0.2, 0) is 38.6 Å². The fraction of sp³-hybridized carbons (Fsp3) is 0.440. The second-order valence-corrected chi connectivity index (χ2v) is 10.6. The van der Waals surface area contributed by atoms with Crippen molar-refractivity contribution in [2.24, 2.45) is 11.7 Å². The molecule has 5 N–H and O–H groups in total. The Morgan fingerprint density at radius 1 is 1.14 bits per heavy atom. The molecule has 11 heteroatoms. The largest absolute Gasteiger partial charge is 0.480 e. The number of aliphatic carboxylic acids is 1. The van der Waals surface area contributed by atoms with Crippen molar-refractivity contribution < 1.29 is 24.3 Å². The molecular formula is C25H32N4O5S2. The summed E-state index contributed by atoms with van der Waals surface area (Å²) in [6.07, 6.45) is 0.371. The molecule has 0 bridgehead atoms. The van der Waals surface area contributed by atoms with Crippen molar-refractivity contribution in [2.45, 2.75) is 57.4 Å². The average molecular weight is 533 g/mol. The molecule has 2 aromatic rings. The maximum atomic E-state index is 13.7. The maximum absolute atomic E-state index is 13.7. The van der Waals surface area contributed by atoms with Crippen LogP contribution in [-0.4, -0.2) is 63.6 Å². The quantitative estimate of drug-likeness (QED) is 0.291. The van der Waals surface area contributed by atoms with Gasteiger partial charge in [-0.3, -0.25) is 14.4 Å². The molecule has 0 radical (unpaired) electrons. The molecule has 1 aromatic heterocycles. The molecule has 0 fully saturated rings. The van der Waals surface area contributed by atoms with Crippen molar-refractivity contribution in [3.05, 3.63) is 57.8 Å². The molecule has 0 saturated heterocycles. The SMILES string of the molecule is CC(C)[C@H](NC(=O)[C@@H](N)CS)C(=O)N1Cc2ccccc2CC1C(=O)N[C@H](Cc1cccs1)C(=O)O. The number of hydrogen-bond donors (Lipinski definition) is 5. The van der Waals surface area contributed by atoms with Gasteiger partial charge in [0.2, 0.25) is 17.7 Å². The molecule has 194 valence electrons. The van der Waals surface area contributed by atoms with Gasteiger partial charge in [-0.15, -0.1) is 11.3 Å². The number of nitrogens with two attached hydrogens (primary N) is 1. The summed E-state index contributed by atoms with van der Waals surface area (Å²) >= 11 is 5.46. The normalized spacial score (nSPS) is 17.6. The van der Waals surface area contributed by atoms with E-state index in [9.17, 15) is 24.3 Å². The Labute approximate surface area is 219 Å². The summed E-state index contributed by atoms with van der Waals surface area (Å²) in [6, 6.07) is 7.26. The number of amides is 3. The zero-order chi connectivity index (χ0) is 26.4. The standard InChI is InChI=1S/C25H32N4O5S2/c1-14(2)21(28-22(30)18(26)13-35)24(32)29-12-16-7-4-3-6-15(16)10-20(29)23(31)27-19(25(33)34)11-17-8-5-9-36-17/h3-9,14,18-21,35H,10-13,26H2,1-2H3,(H,27,31)(H,28,30)(H,33,34)/t18-,19+,20?,21-/m0/s1. The molecule has 1 aliphatic heterocycles. The molecule has 0 spiro atoms. The number of fused-ring (bicyclic) bond motifs is 1. The summed E-state index contributed by atoms with van der Waals surface area (Å²) in [5.74, 6) is -2.79. The highest BCUT2D eigenvalue weighted by molar-refractivity contribution is 7.80. The minimum Gasteiger partial charge on any atom is -0.480 e. The lowest BCUT2D eigenvalue weighted by atomic mass is 9.91.